The molecule has 0 aliphatic carbocycles. The molecule has 0 spiro atoms. The Morgan fingerprint density at radius 3 is 2.00 bits per heavy atom. The van der Waals surface area contributed by atoms with E-state index in [1.165, 1.54) is 39.9 Å². The van der Waals surface area contributed by atoms with Crippen LogP contribution in [0.1, 0.15) is 12.5 Å². The number of benzene rings is 1. The fraction of sp³-hybridized carbons (Fsp3) is 0.444. The first-order valence-electron chi connectivity index (χ1n) is 8.66. The number of sulfonamides is 1. The first kappa shape index (κ1) is 23.6. The molecule has 1 fully saturated rings. The largest absolute Gasteiger partial charge is 0.421 e. The predicted octanol–water partition coefficient (Wildman–Crippen LogP) is 2.64. The van der Waals surface area contributed by atoms with Crippen molar-refractivity contribution in [2.24, 2.45) is 0 Å². The predicted molar refractivity (Wildman–Crippen MR) is 106 cm³/mol. The highest BCUT2D eigenvalue weighted by molar-refractivity contribution is 7.91. The van der Waals surface area contributed by atoms with E-state index >= 15 is 0 Å². The Balaban J connectivity index is 0.00000145. The van der Waals surface area contributed by atoms with Crippen LogP contribution < -0.4 is 4.90 Å². The first-order valence-corrected chi connectivity index (χ1v) is 11.0. The van der Waals surface area contributed by atoms with E-state index in [1.807, 2.05) is 4.90 Å². The normalized spacial score (nSPS) is 18.0. The Hall–Kier alpha value is -1.66. The van der Waals surface area contributed by atoms with Gasteiger partial charge >= 0.3 is 6.18 Å². The second-order valence-corrected chi connectivity index (χ2v) is 9.55. The van der Waals surface area contributed by atoms with Crippen molar-refractivity contribution in [1.29, 1.82) is 0 Å². The van der Waals surface area contributed by atoms with Gasteiger partial charge in [-0.25, -0.2) is 8.42 Å². The van der Waals surface area contributed by atoms with Crippen molar-refractivity contribution >= 4 is 27.0 Å². The molecule has 0 radical (unpaired) electrons. The van der Waals surface area contributed by atoms with E-state index in [1.54, 1.807) is 17.5 Å². The molecule has 11 heteroatoms. The molecule has 6 nitrogen and oxygen atoms in total. The fourth-order valence-electron chi connectivity index (χ4n) is 2.88. The number of anilines is 1. The average molecular weight is 453 g/mol. The Morgan fingerprint density at radius 1 is 1.00 bits per heavy atom. The Kier molecular flexibility index (Phi) is 7.33. The van der Waals surface area contributed by atoms with Crippen LogP contribution in [0.5, 0.6) is 0 Å². The summed E-state index contributed by atoms with van der Waals surface area (Å²) in [5.74, 6) is 0. The van der Waals surface area contributed by atoms with Crippen molar-refractivity contribution in [3.8, 4) is 0 Å². The standard InChI is InChI=1S/C17H19F3N2O3S2.CH4O/c1-16(23,17(18,19)20)13-4-6-14(7-5-13)21-8-10-22(11-9-21)27(24,25)15-3-2-12-26-15;1-2/h2-7,12,23H,8-11H2,1H3;2H,1H3. The second-order valence-electron chi connectivity index (χ2n) is 6.44. The molecule has 2 aromatic rings. The molecule has 0 saturated carbocycles. The Morgan fingerprint density at radius 2 is 1.55 bits per heavy atom. The number of rotatable bonds is 4. The van der Waals surface area contributed by atoms with E-state index in [9.17, 15) is 26.7 Å². The van der Waals surface area contributed by atoms with Crippen molar-refractivity contribution in [3.05, 3.63) is 47.3 Å². The van der Waals surface area contributed by atoms with Gasteiger partial charge in [0.15, 0.2) is 5.60 Å². The van der Waals surface area contributed by atoms with Crippen molar-refractivity contribution in [3.63, 3.8) is 0 Å². The molecule has 1 atom stereocenters. The Bertz CT molecular complexity index is 875. The van der Waals surface area contributed by atoms with E-state index in [4.69, 9.17) is 5.11 Å². The number of piperazine rings is 1. The van der Waals surface area contributed by atoms with Gasteiger partial charge in [-0.1, -0.05) is 18.2 Å². The average Bonchev–Trinajstić information content (AvgIpc) is 3.25. The highest BCUT2D eigenvalue weighted by atomic mass is 32.2. The maximum atomic E-state index is 12.9. The van der Waals surface area contributed by atoms with Gasteiger partial charge < -0.3 is 15.1 Å². The van der Waals surface area contributed by atoms with Gasteiger partial charge in [0.2, 0.25) is 0 Å². The molecule has 1 aliphatic rings. The highest BCUT2D eigenvalue weighted by Gasteiger charge is 2.51. The molecule has 1 aliphatic heterocycles. The third kappa shape index (κ3) is 4.92. The molecule has 162 valence electrons. The molecular weight excluding hydrogens is 429 g/mol. The lowest BCUT2D eigenvalue weighted by molar-refractivity contribution is -0.258. The summed E-state index contributed by atoms with van der Waals surface area (Å²) < 4.78 is 65.5. The van der Waals surface area contributed by atoms with Crippen LogP contribution in [0.25, 0.3) is 0 Å². The number of hydrogen-bond acceptors (Lipinski definition) is 6. The number of aliphatic hydroxyl groups excluding tert-OH is 1. The smallest absolute Gasteiger partial charge is 0.400 e. The van der Waals surface area contributed by atoms with E-state index in [2.05, 4.69) is 0 Å². The van der Waals surface area contributed by atoms with E-state index in [-0.39, 0.29) is 5.56 Å². The third-order valence-electron chi connectivity index (χ3n) is 4.67. The molecule has 29 heavy (non-hydrogen) atoms. The minimum Gasteiger partial charge on any atom is -0.400 e. The summed E-state index contributed by atoms with van der Waals surface area (Å²) in [5, 5.41) is 18.4. The lowest BCUT2D eigenvalue weighted by Crippen LogP contribution is -2.48. The molecule has 1 aromatic heterocycles. The number of thiophene rings is 1. The molecule has 1 saturated heterocycles. The van der Waals surface area contributed by atoms with Gasteiger partial charge in [0, 0.05) is 39.0 Å². The molecule has 1 unspecified atom stereocenters. The van der Waals surface area contributed by atoms with E-state index in [0.29, 0.717) is 36.1 Å². The number of hydrogen-bond donors (Lipinski definition) is 2. The van der Waals surface area contributed by atoms with E-state index in [0.717, 1.165) is 14.0 Å². The highest BCUT2D eigenvalue weighted by Crippen LogP contribution is 2.39. The van der Waals surface area contributed by atoms with Gasteiger partial charge in [0.05, 0.1) is 0 Å². The van der Waals surface area contributed by atoms with Crippen LogP contribution in [0, 0.1) is 0 Å². The minimum atomic E-state index is -4.77. The molecule has 1 aromatic carbocycles. The number of alkyl halides is 3. The zero-order chi connectivity index (χ0) is 21.9. The number of halogens is 3. The minimum absolute atomic E-state index is 0.238. The number of nitrogens with zero attached hydrogens (tertiary/aromatic N) is 2. The zero-order valence-electron chi connectivity index (χ0n) is 15.9. The van der Waals surface area contributed by atoms with Crippen molar-refractivity contribution < 1.29 is 31.8 Å². The van der Waals surface area contributed by atoms with Crippen molar-refractivity contribution in [1.82, 2.24) is 4.31 Å². The van der Waals surface area contributed by atoms with Crippen LogP contribution >= 0.6 is 11.3 Å². The lowest BCUT2D eigenvalue weighted by Gasteiger charge is -2.35. The number of aliphatic hydroxyl groups is 2. The zero-order valence-corrected chi connectivity index (χ0v) is 17.6. The molecule has 2 N–H and O–H groups in total. The van der Waals surface area contributed by atoms with Crippen molar-refractivity contribution in [2.45, 2.75) is 22.9 Å². The van der Waals surface area contributed by atoms with Crippen LogP contribution in [-0.2, 0) is 15.6 Å². The molecule has 0 bridgehead atoms. The Labute approximate surface area is 171 Å². The second kappa shape index (κ2) is 9.00. The molecule has 2 heterocycles. The van der Waals surface area contributed by atoms with Crippen LogP contribution in [0.2, 0.25) is 0 Å². The monoisotopic (exact) mass is 452 g/mol. The summed E-state index contributed by atoms with van der Waals surface area (Å²) in [6.45, 7) is 2.17. The summed E-state index contributed by atoms with van der Waals surface area (Å²) in [6.07, 6.45) is -4.77. The summed E-state index contributed by atoms with van der Waals surface area (Å²) >= 11 is 1.17. The van der Waals surface area contributed by atoms with Gasteiger partial charge in [-0.2, -0.15) is 17.5 Å². The third-order valence-corrected chi connectivity index (χ3v) is 7.95. The first-order chi connectivity index (χ1) is 13.5. The van der Waals surface area contributed by atoms with Gasteiger partial charge in [0.25, 0.3) is 10.0 Å². The summed E-state index contributed by atoms with van der Waals surface area (Å²) in [7, 11) is -2.50. The topological polar surface area (TPSA) is 81.1 Å². The molecule has 3 rings (SSSR count). The maximum absolute atomic E-state index is 12.9. The molecule has 0 amide bonds. The quantitative estimate of drug-likeness (QED) is 0.746. The fourth-order valence-corrected chi connectivity index (χ4v) is 5.45. The van der Waals surface area contributed by atoms with Gasteiger partial charge in [-0.15, -0.1) is 11.3 Å². The lowest BCUT2D eigenvalue weighted by atomic mass is 9.95. The van der Waals surface area contributed by atoms with Gasteiger partial charge in [0.1, 0.15) is 4.21 Å². The maximum Gasteiger partial charge on any atom is 0.421 e. The van der Waals surface area contributed by atoms with Crippen LogP contribution in [-0.4, -0.2) is 62.4 Å². The summed E-state index contributed by atoms with van der Waals surface area (Å²) in [4.78, 5) is 1.91. The van der Waals surface area contributed by atoms with Gasteiger partial charge in [-0.3, -0.25) is 0 Å². The van der Waals surface area contributed by atoms with Crippen LogP contribution in [0.3, 0.4) is 0 Å². The molecular formula is C18H23F3N2O4S2. The summed E-state index contributed by atoms with van der Waals surface area (Å²) in [6, 6.07) is 8.77. The van der Waals surface area contributed by atoms with Crippen LogP contribution in [0.15, 0.2) is 46.0 Å². The SMILES string of the molecule is CC(O)(c1ccc(N2CCN(S(=O)(=O)c3cccs3)CC2)cc1)C(F)(F)F.CO. The summed E-state index contributed by atoms with van der Waals surface area (Å²) in [5.41, 5.74) is -2.47. The van der Waals surface area contributed by atoms with Crippen molar-refractivity contribution in [2.75, 3.05) is 38.2 Å². The van der Waals surface area contributed by atoms with Gasteiger partial charge in [-0.05, 0) is 36.1 Å². The van der Waals surface area contributed by atoms with Crippen LogP contribution in [0.4, 0.5) is 18.9 Å². The van der Waals surface area contributed by atoms with E-state index < -0.39 is 21.8 Å².